The number of hydrogen-bond donors (Lipinski definition) is 1. The summed E-state index contributed by atoms with van der Waals surface area (Å²) in [5.74, 6) is -0.0372. The maximum absolute atomic E-state index is 11.3. The number of carboxylic acid groups (broad SMARTS) is 1. The van der Waals surface area contributed by atoms with Crippen LogP contribution < -0.4 is 14.4 Å². The molecule has 1 N–H and O–H groups in total. The van der Waals surface area contributed by atoms with Gasteiger partial charge >= 0.3 is 5.97 Å². The molecular weight excluding hydrogens is 234 g/mol. The average Bonchev–Trinajstić information content (AvgIpc) is 2.37. The lowest BCUT2D eigenvalue weighted by Crippen LogP contribution is -2.30. The van der Waals surface area contributed by atoms with Crippen LogP contribution in [0.25, 0.3) is 0 Å². The van der Waals surface area contributed by atoms with Crippen molar-refractivity contribution < 1.29 is 19.4 Å². The number of carboxylic acids is 1. The summed E-state index contributed by atoms with van der Waals surface area (Å²) >= 11 is 0. The molecule has 1 atom stereocenters. The molecule has 0 aromatic heterocycles. The van der Waals surface area contributed by atoms with Gasteiger partial charge in [0.15, 0.2) is 0 Å². The first-order chi connectivity index (χ1) is 8.58. The predicted octanol–water partition coefficient (Wildman–Crippen LogP) is 1.71. The van der Waals surface area contributed by atoms with Gasteiger partial charge in [0.25, 0.3) is 0 Å². The van der Waals surface area contributed by atoms with E-state index in [1.165, 1.54) is 0 Å². The number of ether oxygens (including phenoxy) is 2. The number of nitrogens with zero attached hydrogens (tertiary/aromatic N) is 1. The van der Waals surface area contributed by atoms with Gasteiger partial charge in [-0.2, -0.15) is 0 Å². The van der Waals surface area contributed by atoms with Crippen LogP contribution in [-0.2, 0) is 4.79 Å². The Kier molecular flexibility index (Phi) is 3.32. The summed E-state index contributed by atoms with van der Waals surface area (Å²) in [6.07, 6.45) is 0.592. The Morgan fingerprint density at radius 1 is 1.39 bits per heavy atom. The van der Waals surface area contributed by atoms with Crippen LogP contribution in [0.4, 0.5) is 5.69 Å². The Morgan fingerprint density at radius 2 is 2.11 bits per heavy atom. The van der Waals surface area contributed by atoms with Crippen molar-refractivity contribution in [3.05, 3.63) is 17.7 Å². The number of methoxy groups -OCH3 is 2. The summed E-state index contributed by atoms with van der Waals surface area (Å²) in [6, 6.07) is 3.56. The maximum Gasteiger partial charge on any atom is 0.311 e. The van der Waals surface area contributed by atoms with Crippen LogP contribution in [0.3, 0.4) is 0 Å². The summed E-state index contributed by atoms with van der Waals surface area (Å²) in [4.78, 5) is 13.3. The van der Waals surface area contributed by atoms with Crippen molar-refractivity contribution in [2.24, 2.45) is 0 Å². The van der Waals surface area contributed by atoms with Crippen LogP contribution in [0.5, 0.6) is 11.5 Å². The molecule has 1 aromatic rings. The quantitative estimate of drug-likeness (QED) is 0.886. The Balaban J connectivity index is 2.61. The van der Waals surface area contributed by atoms with Gasteiger partial charge in [-0.15, -0.1) is 0 Å². The van der Waals surface area contributed by atoms with Gasteiger partial charge in [0.2, 0.25) is 0 Å². The van der Waals surface area contributed by atoms with Crippen molar-refractivity contribution in [3.63, 3.8) is 0 Å². The summed E-state index contributed by atoms with van der Waals surface area (Å²) in [5.41, 5.74) is 1.60. The third-order valence-electron chi connectivity index (χ3n) is 3.34. The molecule has 1 aliphatic heterocycles. The third kappa shape index (κ3) is 1.96. The van der Waals surface area contributed by atoms with Crippen LogP contribution in [0.2, 0.25) is 0 Å². The van der Waals surface area contributed by atoms with E-state index >= 15 is 0 Å². The molecule has 1 heterocycles. The zero-order valence-corrected chi connectivity index (χ0v) is 10.8. The molecule has 0 amide bonds. The van der Waals surface area contributed by atoms with Crippen LogP contribution in [-0.4, -0.2) is 38.9 Å². The van der Waals surface area contributed by atoms with E-state index in [4.69, 9.17) is 9.47 Å². The fraction of sp³-hybridized carbons (Fsp3) is 0.462. The van der Waals surface area contributed by atoms with Gasteiger partial charge in [-0.05, 0) is 18.1 Å². The number of benzene rings is 1. The Bertz CT molecular complexity index is 472. The Morgan fingerprint density at radius 3 is 2.67 bits per heavy atom. The topological polar surface area (TPSA) is 59.0 Å². The standard InChI is InChI=1S/C13H17NO4/c1-14-5-4-9(13(15)16)10-6-8(17-2)7-11(18-3)12(10)14/h6-7,9H,4-5H2,1-3H3,(H,15,16). The molecule has 18 heavy (non-hydrogen) atoms. The van der Waals surface area contributed by atoms with E-state index in [1.807, 2.05) is 11.9 Å². The zero-order valence-electron chi connectivity index (χ0n) is 10.8. The molecule has 2 rings (SSSR count). The van der Waals surface area contributed by atoms with Gasteiger partial charge in [0.05, 0.1) is 25.8 Å². The van der Waals surface area contributed by atoms with E-state index in [2.05, 4.69) is 0 Å². The lowest BCUT2D eigenvalue weighted by Gasteiger charge is -2.32. The van der Waals surface area contributed by atoms with Crippen molar-refractivity contribution in [2.45, 2.75) is 12.3 Å². The molecule has 1 aromatic carbocycles. The lowest BCUT2D eigenvalue weighted by molar-refractivity contribution is -0.139. The number of anilines is 1. The summed E-state index contributed by atoms with van der Waals surface area (Å²) < 4.78 is 10.5. The minimum Gasteiger partial charge on any atom is -0.497 e. The fourth-order valence-corrected chi connectivity index (χ4v) is 2.40. The van der Waals surface area contributed by atoms with Crippen molar-refractivity contribution in [1.29, 1.82) is 0 Å². The normalized spacial score (nSPS) is 18.2. The Hall–Kier alpha value is -1.91. The van der Waals surface area contributed by atoms with E-state index in [1.54, 1.807) is 26.4 Å². The van der Waals surface area contributed by atoms with E-state index in [0.717, 1.165) is 11.3 Å². The van der Waals surface area contributed by atoms with Crippen molar-refractivity contribution >= 4 is 11.7 Å². The molecule has 5 heteroatoms. The maximum atomic E-state index is 11.3. The SMILES string of the molecule is COc1cc(OC)c2c(c1)C(C(=O)O)CCN2C. The highest BCUT2D eigenvalue weighted by Gasteiger charge is 2.31. The molecule has 0 radical (unpaired) electrons. The van der Waals surface area contributed by atoms with Crippen molar-refractivity contribution in [1.82, 2.24) is 0 Å². The molecule has 0 bridgehead atoms. The van der Waals surface area contributed by atoms with Crippen LogP contribution in [0.15, 0.2) is 12.1 Å². The molecule has 98 valence electrons. The van der Waals surface area contributed by atoms with Crippen LogP contribution in [0, 0.1) is 0 Å². The number of hydrogen-bond acceptors (Lipinski definition) is 4. The summed E-state index contributed by atoms with van der Waals surface area (Å²) in [6.45, 7) is 0.701. The minimum absolute atomic E-state index is 0.500. The van der Waals surface area contributed by atoms with E-state index < -0.39 is 11.9 Å². The number of fused-ring (bicyclic) bond motifs is 1. The van der Waals surface area contributed by atoms with Gasteiger partial charge in [0.1, 0.15) is 11.5 Å². The van der Waals surface area contributed by atoms with Gasteiger partial charge in [-0.1, -0.05) is 0 Å². The molecule has 1 aliphatic rings. The molecule has 5 nitrogen and oxygen atoms in total. The van der Waals surface area contributed by atoms with Crippen molar-refractivity contribution in [2.75, 3.05) is 32.7 Å². The minimum atomic E-state index is -0.806. The smallest absolute Gasteiger partial charge is 0.311 e. The monoisotopic (exact) mass is 251 g/mol. The second-order valence-electron chi connectivity index (χ2n) is 4.37. The first-order valence-corrected chi connectivity index (χ1v) is 5.78. The van der Waals surface area contributed by atoms with Crippen LogP contribution >= 0.6 is 0 Å². The molecule has 0 saturated heterocycles. The summed E-state index contributed by atoms with van der Waals surface area (Å²) in [7, 11) is 5.07. The third-order valence-corrected chi connectivity index (χ3v) is 3.34. The van der Waals surface area contributed by atoms with Gasteiger partial charge in [-0.3, -0.25) is 4.79 Å². The second-order valence-corrected chi connectivity index (χ2v) is 4.37. The molecule has 1 unspecified atom stereocenters. The van der Waals surface area contributed by atoms with Crippen LogP contribution in [0.1, 0.15) is 17.9 Å². The average molecular weight is 251 g/mol. The molecule has 0 fully saturated rings. The zero-order chi connectivity index (χ0) is 13.3. The largest absolute Gasteiger partial charge is 0.497 e. The highest BCUT2D eigenvalue weighted by Crippen LogP contribution is 2.43. The van der Waals surface area contributed by atoms with Gasteiger partial charge in [0, 0.05) is 19.7 Å². The first-order valence-electron chi connectivity index (χ1n) is 5.78. The van der Waals surface area contributed by atoms with E-state index in [0.29, 0.717) is 24.5 Å². The van der Waals surface area contributed by atoms with Crippen molar-refractivity contribution in [3.8, 4) is 11.5 Å². The fourth-order valence-electron chi connectivity index (χ4n) is 2.40. The first kappa shape index (κ1) is 12.5. The molecular formula is C13H17NO4. The molecule has 0 spiro atoms. The van der Waals surface area contributed by atoms with E-state index in [9.17, 15) is 9.90 Å². The molecule has 0 aliphatic carbocycles. The highest BCUT2D eigenvalue weighted by atomic mass is 16.5. The van der Waals surface area contributed by atoms with Gasteiger partial charge < -0.3 is 19.5 Å². The predicted molar refractivity (Wildman–Crippen MR) is 67.8 cm³/mol. The number of rotatable bonds is 3. The molecule has 0 saturated carbocycles. The van der Waals surface area contributed by atoms with E-state index in [-0.39, 0.29) is 0 Å². The summed E-state index contributed by atoms with van der Waals surface area (Å²) in [5, 5.41) is 9.30. The second kappa shape index (κ2) is 4.76. The van der Waals surface area contributed by atoms with Gasteiger partial charge in [-0.25, -0.2) is 0 Å². The lowest BCUT2D eigenvalue weighted by atomic mass is 9.89. The number of carbonyl (C=O) groups is 1. The number of aliphatic carboxylic acids is 1. The Labute approximate surface area is 106 Å². The highest BCUT2D eigenvalue weighted by molar-refractivity contribution is 5.82.